The average Bonchev–Trinajstić information content (AvgIpc) is 2.62. The fourth-order valence-electron chi connectivity index (χ4n) is 2.30. The summed E-state index contributed by atoms with van der Waals surface area (Å²) in [5.74, 6) is -0.520. The van der Waals surface area contributed by atoms with Crippen molar-refractivity contribution in [3.8, 4) is 0 Å². The molecule has 29 heavy (non-hydrogen) atoms. The minimum absolute atomic E-state index is 0.134. The average molecular weight is 462 g/mol. The Bertz CT molecular complexity index is 859. The smallest absolute Gasteiger partial charge is 0.408 e. The normalized spacial score (nSPS) is 10.8. The molecule has 7 nitrogen and oxygen atoms in total. The van der Waals surface area contributed by atoms with Gasteiger partial charge < -0.3 is 20.7 Å². The summed E-state index contributed by atoms with van der Waals surface area (Å²) >= 11 is 3.36. The maximum absolute atomic E-state index is 12.1. The second-order valence-electron chi connectivity index (χ2n) is 7.33. The molecule has 154 valence electrons. The summed E-state index contributed by atoms with van der Waals surface area (Å²) in [6.07, 6.45) is -0.390. The molecule has 0 saturated carbocycles. The highest BCUT2D eigenvalue weighted by Gasteiger charge is 2.16. The minimum Gasteiger partial charge on any atom is -0.444 e. The van der Waals surface area contributed by atoms with Crippen LogP contribution in [-0.2, 0) is 20.7 Å². The second kappa shape index (κ2) is 10.1. The van der Waals surface area contributed by atoms with Crippen LogP contribution in [0.5, 0.6) is 0 Å². The number of alkyl carbamates (subject to hydrolysis) is 1. The van der Waals surface area contributed by atoms with E-state index in [2.05, 4.69) is 31.9 Å². The van der Waals surface area contributed by atoms with Crippen LogP contribution >= 0.6 is 15.9 Å². The molecule has 0 aliphatic rings. The molecule has 2 aromatic carbocycles. The molecule has 3 N–H and O–H groups in total. The number of amides is 3. The Kier molecular flexibility index (Phi) is 7.78. The maximum atomic E-state index is 12.1. The van der Waals surface area contributed by atoms with E-state index in [0.29, 0.717) is 11.4 Å². The van der Waals surface area contributed by atoms with Crippen LogP contribution in [0.2, 0.25) is 0 Å². The van der Waals surface area contributed by atoms with Crippen LogP contribution in [0.3, 0.4) is 0 Å². The monoisotopic (exact) mass is 461 g/mol. The Labute approximate surface area is 178 Å². The van der Waals surface area contributed by atoms with Crippen LogP contribution in [0.25, 0.3) is 0 Å². The molecule has 0 spiro atoms. The van der Waals surface area contributed by atoms with Crippen molar-refractivity contribution in [3.63, 3.8) is 0 Å². The van der Waals surface area contributed by atoms with Crippen LogP contribution in [0, 0.1) is 0 Å². The van der Waals surface area contributed by atoms with Crippen LogP contribution in [0.4, 0.5) is 16.2 Å². The summed E-state index contributed by atoms with van der Waals surface area (Å²) in [5, 5.41) is 7.86. The lowest BCUT2D eigenvalue weighted by Gasteiger charge is -2.19. The summed E-state index contributed by atoms with van der Waals surface area (Å²) < 4.78 is 6.03. The number of ether oxygens (including phenoxy) is 1. The van der Waals surface area contributed by atoms with Gasteiger partial charge in [-0.3, -0.25) is 9.59 Å². The summed E-state index contributed by atoms with van der Waals surface area (Å²) in [7, 11) is 0. The van der Waals surface area contributed by atoms with E-state index in [-0.39, 0.29) is 24.8 Å². The van der Waals surface area contributed by atoms with Crippen molar-refractivity contribution in [2.75, 3.05) is 17.2 Å². The van der Waals surface area contributed by atoms with Gasteiger partial charge in [0.05, 0.1) is 6.42 Å². The highest BCUT2D eigenvalue weighted by atomic mass is 79.9. The highest BCUT2D eigenvalue weighted by molar-refractivity contribution is 9.10. The number of hydrogen-bond acceptors (Lipinski definition) is 4. The third-order valence-corrected chi connectivity index (χ3v) is 4.05. The first-order valence-electron chi connectivity index (χ1n) is 9.02. The molecular formula is C21H24BrN3O4. The Balaban J connectivity index is 1.78. The lowest BCUT2D eigenvalue weighted by atomic mass is 10.1. The molecule has 0 fully saturated rings. The van der Waals surface area contributed by atoms with E-state index in [9.17, 15) is 14.4 Å². The quantitative estimate of drug-likeness (QED) is 0.603. The molecule has 0 saturated heterocycles. The van der Waals surface area contributed by atoms with Gasteiger partial charge in [0.2, 0.25) is 11.8 Å². The van der Waals surface area contributed by atoms with Gasteiger partial charge in [-0.05, 0) is 62.7 Å². The van der Waals surface area contributed by atoms with E-state index in [1.165, 1.54) is 0 Å². The molecule has 0 heterocycles. The van der Waals surface area contributed by atoms with Crippen LogP contribution < -0.4 is 16.0 Å². The topological polar surface area (TPSA) is 96.5 Å². The number of anilines is 2. The van der Waals surface area contributed by atoms with Crippen molar-refractivity contribution < 1.29 is 19.1 Å². The number of benzene rings is 2. The van der Waals surface area contributed by atoms with Crippen molar-refractivity contribution in [2.45, 2.75) is 32.8 Å². The van der Waals surface area contributed by atoms with Crippen molar-refractivity contribution in [3.05, 3.63) is 58.6 Å². The van der Waals surface area contributed by atoms with Crippen molar-refractivity contribution in [2.24, 2.45) is 0 Å². The zero-order chi connectivity index (χ0) is 21.4. The van der Waals surface area contributed by atoms with Gasteiger partial charge in [-0.1, -0.05) is 28.1 Å². The fourth-order valence-corrected chi connectivity index (χ4v) is 2.57. The summed E-state index contributed by atoms with van der Waals surface area (Å²) in [5.41, 5.74) is 1.45. The lowest BCUT2D eigenvalue weighted by molar-refractivity contribution is -0.116. The predicted octanol–water partition coefficient (Wildman–Crippen LogP) is 4.09. The molecule has 0 aromatic heterocycles. The molecular weight excluding hydrogens is 438 g/mol. The first-order chi connectivity index (χ1) is 13.6. The molecule has 0 atom stereocenters. The van der Waals surface area contributed by atoms with E-state index in [1.807, 2.05) is 24.3 Å². The van der Waals surface area contributed by atoms with Gasteiger partial charge in [0.1, 0.15) is 12.1 Å². The standard InChI is InChI=1S/C21H24BrN3O4/c1-21(2,3)29-20(28)23-13-19(27)25-17-10-8-16(9-11-17)24-18(26)12-14-4-6-15(22)7-5-14/h4-11H,12-13H2,1-3H3,(H,23,28)(H,24,26)(H,25,27). The molecule has 0 radical (unpaired) electrons. The van der Waals surface area contributed by atoms with Gasteiger partial charge in [0.25, 0.3) is 0 Å². The van der Waals surface area contributed by atoms with Crippen LogP contribution in [-0.4, -0.2) is 30.1 Å². The number of nitrogens with one attached hydrogen (secondary N) is 3. The summed E-state index contributed by atoms with van der Waals surface area (Å²) in [6, 6.07) is 14.3. The number of halogens is 1. The van der Waals surface area contributed by atoms with E-state index >= 15 is 0 Å². The third-order valence-electron chi connectivity index (χ3n) is 3.52. The SMILES string of the molecule is CC(C)(C)OC(=O)NCC(=O)Nc1ccc(NC(=O)Cc2ccc(Br)cc2)cc1. The first kappa shape index (κ1) is 22.4. The predicted molar refractivity (Wildman–Crippen MR) is 116 cm³/mol. The largest absolute Gasteiger partial charge is 0.444 e. The van der Waals surface area contributed by atoms with Gasteiger partial charge in [0.15, 0.2) is 0 Å². The van der Waals surface area contributed by atoms with Crippen molar-refractivity contribution in [1.29, 1.82) is 0 Å². The molecule has 8 heteroatoms. The van der Waals surface area contributed by atoms with E-state index in [0.717, 1.165) is 10.0 Å². The molecule has 0 aliphatic carbocycles. The Morgan fingerprint density at radius 3 is 1.90 bits per heavy atom. The number of carbonyl (C=O) groups is 3. The number of rotatable bonds is 6. The maximum Gasteiger partial charge on any atom is 0.408 e. The van der Waals surface area contributed by atoms with Crippen LogP contribution in [0.1, 0.15) is 26.3 Å². The number of hydrogen-bond donors (Lipinski definition) is 3. The van der Waals surface area contributed by atoms with Gasteiger partial charge >= 0.3 is 6.09 Å². The molecule has 2 rings (SSSR count). The minimum atomic E-state index is -0.656. The molecule has 3 amide bonds. The van der Waals surface area contributed by atoms with Crippen LogP contribution in [0.15, 0.2) is 53.0 Å². The lowest BCUT2D eigenvalue weighted by Crippen LogP contribution is -2.37. The zero-order valence-electron chi connectivity index (χ0n) is 16.5. The van der Waals surface area contributed by atoms with Gasteiger partial charge in [-0.25, -0.2) is 4.79 Å². The van der Waals surface area contributed by atoms with Crippen molar-refractivity contribution >= 4 is 45.2 Å². The second-order valence-corrected chi connectivity index (χ2v) is 8.25. The third kappa shape index (κ3) is 8.78. The summed E-state index contributed by atoms with van der Waals surface area (Å²) in [4.78, 5) is 35.6. The highest BCUT2D eigenvalue weighted by Crippen LogP contribution is 2.15. The van der Waals surface area contributed by atoms with E-state index in [1.54, 1.807) is 45.0 Å². The Morgan fingerprint density at radius 2 is 1.38 bits per heavy atom. The fraction of sp³-hybridized carbons (Fsp3) is 0.286. The van der Waals surface area contributed by atoms with Gasteiger partial charge in [-0.15, -0.1) is 0 Å². The Morgan fingerprint density at radius 1 is 0.862 bits per heavy atom. The Hall–Kier alpha value is -2.87. The van der Waals surface area contributed by atoms with Gasteiger partial charge in [0, 0.05) is 15.8 Å². The first-order valence-corrected chi connectivity index (χ1v) is 9.81. The summed E-state index contributed by atoms with van der Waals surface area (Å²) in [6.45, 7) is 5.02. The number of carbonyl (C=O) groups excluding carboxylic acids is 3. The van der Waals surface area contributed by atoms with Gasteiger partial charge in [-0.2, -0.15) is 0 Å². The molecule has 2 aromatic rings. The van der Waals surface area contributed by atoms with Crippen molar-refractivity contribution in [1.82, 2.24) is 5.32 Å². The molecule has 0 bridgehead atoms. The van der Waals surface area contributed by atoms with E-state index < -0.39 is 11.7 Å². The molecule has 0 aliphatic heterocycles. The van der Waals surface area contributed by atoms with E-state index in [4.69, 9.17) is 4.74 Å². The molecule has 0 unspecified atom stereocenters. The zero-order valence-corrected chi connectivity index (χ0v) is 18.1.